The Morgan fingerprint density at radius 2 is 2.00 bits per heavy atom. The Kier molecular flexibility index (Phi) is 4.88. The number of rotatable bonds is 4. The number of hydrogen-bond donors (Lipinski definition) is 2. The topological polar surface area (TPSA) is 57.8 Å². The van der Waals surface area contributed by atoms with Gasteiger partial charge >= 0.3 is 0 Å². The number of nitrogens with one attached hydrogen (secondary N) is 2. The van der Waals surface area contributed by atoms with Crippen LogP contribution in [0.4, 0.5) is 0 Å². The Labute approximate surface area is 149 Å². The number of H-pyrrole nitrogens is 1. The van der Waals surface area contributed by atoms with Crippen LogP contribution >= 0.6 is 23.2 Å². The zero-order valence-corrected chi connectivity index (χ0v) is 14.4. The van der Waals surface area contributed by atoms with E-state index in [9.17, 15) is 4.79 Å². The fraction of sp³-hybridized carbons (Fsp3) is 0.111. The molecule has 0 fully saturated rings. The first-order valence-corrected chi connectivity index (χ1v) is 8.17. The van der Waals surface area contributed by atoms with Crippen molar-refractivity contribution in [2.75, 3.05) is 0 Å². The summed E-state index contributed by atoms with van der Waals surface area (Å²) in [5.74, 6) is 0.501. The van der Waals surface area contributed by atoms with Gasteiger partial charge in [0.05, 0.1) is 27.1 Å². The van der Waals surface area contributed by atoms with Gasteiger partial charge in [-0.15, -0.1) is 0 Å². The van der Waals surface area contributed by atoms with Gasteiger partial charge in [-0.3, -0.25) is 4.79 Å². The lowest BCUT2D eigenvalue weighted by Gasteiger charge is -2.09. The van der Waals surface area contributed by atoms with Gasteiger partial charge < -0.3 is 10.3 Å². The fourth-order valence-electron chi connectivity index (χ4n) is 2.30. The molecular formula is C18H15Cl2N3O. The van der Waals surface area contributed by atoms with Crippen molar-refractivity contribution < 1.29 is 4.79 Å². The Morgan fingerprint density at radius 1 is 1.21 bits per heavy atom. The van der Waals surface area contributed by atoms with Crippen molar-refractivity contribution in [1.29, 1.82) is 0 Å². The molecule has 1 atom stereocenters. The molecule has 0 spiro atoms. The minimum Gasteiger partial charge on any atom is -0.343 e. The predicted molar refractivity (Wildman–Crippen MR) is 98.1 cm³/mol. The number of aromatic nitrogens is 2. The van der Waals surface area contributed by atoms with Gasteiger partial charge in [-0.1, -0.05) is 41.4 Å². The molecule has 3 aromatic rings. The molecule has 6 heteroatoms. The van der Waals surface area contributed by atoms with Crippen molar-refractivity contribution in [3.05, 3.63) is 70.0 Å². The lowest BCUT2D eigenvalue weighted by Crippen LogP contribution is -2.25. The van der Waals surface area contributed by atoms with Crippen molar-refractivity contribution >= 4 is 46.2 Å². The number of aromatic amines is 1. The molecule has 0 aliphatic heterocycles. The largest absolute Gasteiger partial charge is 0.343 e. The summed E-state index contributed by atoms with van der Waals surface area (Å²) >= 11 is 11.8. The van der Waals surface area contributed by atoms with Crippen LogP contribution in [0, 0.1) is 0 Å². The monoisotopic (exact) mass is 359 g/mol. The maximum absolute atomic E-state index is 12.1. The van der Waals surface area contributed by atoms with Crippen molar-refractivity contribution in [2.24, 2.45) is 0 Å². The zero-order chi connectivity index (χ0) is 17.1. The maximum Gasteiger partial charge on any atom is 0.244 e. The molecule has 3 rings (SSSR count). The molecule has 0 saturated carbocycles. The molecule has 2 aromatic carbocycles. The van der Waals surface area contributed by atoms with Gasteiger partial charge in [0, 0.05) is 6.08 Å². The standard InChI is InChI=1S/C18H15Cl2N3O/c1-11(18-22-15-4-2-3-5-16(15)23-18)21-17(24)9-7-12-6-8-13(19)14(20)10-12/h2-11H,1H3,(H,21,24)(H,22,23)/b9-7+. The summed E-state index contributed by atoms with van der Waals surface area (Å²) in [5.41, 5.74) is 2.62. The van der Waals surface area contributed by atoms with Crippen molar-refractivity contribution in [2.45, 2.75) is 13.0 Å². The quantitative estimate of drug-likeness (QED) is 0.659. The Bertz CT molecular complexity index is 885. The summed E-state index contributed by atoms with van der Waals surface area (Å²) in [6, 6.07) is 12.7. The van der Waals surface area contributed by atoms with E-state index >= 15 is 0 Å². The normalized spacial score (nSPS) is 12.6. The van der Waals surface area contributed by atoms with Gasteiger partial charge in [-0.25, -0.2) is 4.98 Å². The number of carbonyl (C=O) groups excluding carboxylic acids is 1. The summed E-state index contributed by atoms with van der Waals surface area (Å²) in [6.45, 7) is 1.88. The summed E-state index contributed by atoms with van der Waals surface area (Å²) in [7, 11) is 0. The van der Waals surface area contributed by atoms with Gasteiger partial charge in [-0.2, -0.15) is 0 Å². The SMILES string of the molecule is CC(NC(=O)/C=C/c1ccc(Cl)c(Cl)c1)c1nc2ccccc2[nH]1. The third-order valence-corrected chi connectivity index (χ3v) is 4.29. The first kappa shape index (κ1) is 16.6. The third kappa shape index (κ3) is 3.78. The van der Waals surface area contributed by atoms with Crippen LogP contribution in [0.2, 0.25) is 10.0 Å². The molecule has 1 heterocycles. The molecule has 122 valence electrons. The van der Waals surface area contributed by atoms with E-state index < -0.39 is 0 Å². The lowest BCUT2D eigenvalue weighted by molar-refractivity contribution is -0.117. The second-order valence-corrected chi connectivity index (χ2v) is 6.19. The molecule has 1 unspecified atom stereocenters. The van der Waals surface area contributed by atoms with Gasteiger partial charge in [0.2, 0.25) is 5.91 Å². The van der Waals surface area contributed by atoms with E-state index in [0.717, 1.165) is 16.6 Å². The van der Waals surface area contributed by atoms with E-state index in [2.05, 4.69) is 15.3 Å². The molecule has 0 bridgehead atoms. The van der Waals surface area contributed by atoms with E-state index in [0.29, 0.717) is 15.9 Å². The zero-order valence-electron chi connectivity index (χ0n) is 12.9. The molecule has 1 aromatic heterocycles. The van der Waals surface area contributed by atoms with Crippen molar-refractivity contribution in [1.82, 2.24) is 15.3 Å². The highest BCUT2D eigenvalue weighted by atomic mass is 35.5. The van der Waals surface area contributed by atoms with Crippen LogP contribution in [0.5, 0.6) is 0 Å². The minimum atomic E-state index is -0.233. The Hall–Kier alpha value is -2.30. The lowest BCUT2D eigenvalue weighted by atomic mass is 10.2. The van der Waals surface area contributed by atoms with Crippen molar-refractivity contribution in [3.63, 3.8) is 0 Å². The van der Waals surface area contributed by atoms with Gasteiger partial charge in [0.1, 0.15) is 5.82 Å². The summed E-state index contributed by atoms with van der Waals surface area (Å²) in [4.78, 5) is 19.8. The number of halogens is 2. The Balaban J connectivity index is 1.67. The second kappa shape index (κ2) is 7.07. The van der Waals surface area contributed by atoms with E-state index in [1.165, 1.54) is 6.08 Å². The average molecular weight is 360 g/mol. The molecule has 4 nitrogen and oxygen atoms in total. The molecule has 0 saturated heterocycles. The van der Waals surface area contributed by atoms with Gasteiger partial charge in [0.15, 0.2) is 0 Å². The molecule has 0 aliphatic rings. The van der Waals surface area contributed by atoms with Crippen LogP contribution in [-0.4, -0.2) is 15.9 Å². The van der Waals surface area contributed by atoms with E-state index in [-0.39, 0.29) is 11.9 Å². The molecule has 24 heavy (non-hydrogen) atoms. The molecular weight excluding hydrogens is 345 g/mol. The first-order chi connectivity index (χ1) is 11.5. The number of hydrogen-bond acceptors (Lipinski definition) is 2. The molecule has 0 radical (unpaired) electrons. The molecule has 0 aliphatic carbocycles. The molecule has 2 N–H and O–H groups in total. The highest BCUT2D eigenvalue weighted by molar-refractivity contribution is 6.42. The van der Waals surface area contributed by atoms with E-state index in [1.807, 2.05) is 31.2 Å². The van der Waals surface area contributed by atoms with E-state index in [1.54, 1.807) is 24.3 Å². The smallest absolute Gasteiger partial charge is 0.244 e. The Morgan fingerprint density at radius 3 is 2.75 bits per heavy atom. The van der Waals surface area contributed by atoms with Crippen LogP contribution < -0.4 is 5.32 Å². The number of nitrogens with zero attached hydrogens (tertiary/aromatic N) is 1. The fourth-order valence-corrected chi connectivity index (χ4v) is 2.60. The number of para-hydroxylation sites is 2. The highest BCUT2D eigenvalue weighted by Crippen LogP contribution is 2.23. The van der Waals surface area contributed by atoms with Crippen LogP contribution in [0.25, 0.3) is 17.1 Å². The van der Waals surface area contributed by atoms with Crippen LogP contribution in [-0.2, 0) is 4.79 Å². The molecule has 1 amide bonds. The average Bonchev–Trinajstić information content (AvgIpc) is 3.00. The second-order valence-electron chi connectivity index (χ2n) is 5.38. The number of fused-ring (bicyclic) bond motifs is 1. The predicted octanol–water partition coefficient (Wildman–Crippen LogP) is 4.76. The van der Waals surface area contributed by atoms with Gasteiger partial charge in [-0.05, 0) is 42.8 Å². The number of amides is 1. The summed E-state index contributed by atoms with van der Waals surface area (Å²) in [5, 5.41) is 3.81. The first-order valence-electron chi connectivity index (χ1n) is 7.41. The van der Waals surface area contributed by atoms with Crippen molar-refractivity contribution in [3.8, 4) is 0 Å². The van der Waals surface area contributed by atoms with Gasteiger partial charge in [0.25, 0.3) is 0 Å². The minimum absolute atomic E-state index is 0.214. The van der Waals surface area contributed by atoms with Crippen LogP contribution in [0.15, 0.2) is 48.5 Å². The van der Waals surface area contributed by atoms with E-state index in [4.69, 9.17) is 23.2 Å². The highest BCUT2D eigenvalue weighted by Gasteiger charge is 2.12. The number of benzene rings is 2. The number of imidazole rings is 1. The maximum atomic E-state index is 12.1. The summed E-state index contributed by atoms with van der Waals surface area (Å²) < 4.78 is 0. The third-order valence-electron chi connectivity index (χ3n) is 3.55. The van der Waals surface area contributed by atoms with Crippen LogP contribution in [0.3, 0.4) is 0 Å². The summed E-state index contributed by atoms with van der Waals surface area (Å²) in [6.07, 6.45) is 3.14. The number of carbonyl (C=O) groups is 1. The van der Waals surface area contributed by atoms with Crippen LogP contribution in [0.1, 0.15) is 24.4 Å².